The summed E-state index contributed by atoms with van der Waals surface area (Å²) in [6.07, 6.45) is 0. The van der Waals surface area contributed by atoms with Crippen LogP contribution in [-0.2, 0) is 9.47 Å². The third kappa shape index (κ3) is 2.27. The van der Waals surface area contributed by atoms with Crippen LogP contribution in [-0.4, -0.2) is 33.2 Å². The maximum Gasteiger partial charge on any atom is 0.349 e. The van der Waals surface area contributed by atoms with Crippen molar-refractivity contribution in [2.75, 3.05) is 26.6 Å². The van der Waals surface area contributed by atoms with Crippen LogP contribution in [0.15, 0.2) is 6.07 Å². The maximum absolute atomic E-state index is 11.3. The summed E-state index contributed by atoms with van der Waals surface area (Å²) in [4.78, 5) is 22.9. The van der Waals surface area contributed by atoms with E-state index < -0.39 is 11.9 Å². The highest BCUT2D eigenvalue weighted by atomic mass is 32.1. The van der Waals surface area contributed by atoms with Crippen LogP contribution in [0.4, 0.5) is 5.00 Å². The summed E-state index contributed by atoms with van der Waals surface area (Å²) < 4.78 is 9.13. The second kappa shape index (κ2) is 4.79. The van der Waals surface area contributed by atoms with Gasteiger partial charge in [-0.25, -0.2) is 9.59 Å². The highest BCUT2D eigenvalue weighted by Gasteiger charge is 2.22. The van der Waals surface area contributed by atoms with Crippen molar-refractivity contribution in [2.24, 2.45) is 0 Å². The van der Waals surface area contributed by atoms with Crippen molar-refractivity contribution in [3.63, 3.8) is 0 Å². The van der Waals surface area contributed by atoms with Crippen LogP contribution < -0.4 is 5.32 Å². The molecule has 0 saturated carbocycles. The first-order valence-electron chi connectivity index (χ1n) is 4.12. The molecule has 15 heavy (non-hydrogen) atoms. The standard InChI is InChI=1S/C9H11NO4S/c1-10-6-4-5(8(11)13-2)7(15-6)9(12)14-3/h4,10H,1-3H3. The van der Waals surface area contributed by atoms with E-state index in [1.807, 2.05) is 0 Å². The van der Waals surface area contributed by atoms with Crippen molar-refractivity contribution < 1.29 is 19.1 Å². The van der Waals surface area contributed by atoms with Gasteiger partial charge < -0.3 is 14.8 Å². The Kier molecular flexibility index (Phi) is 3.68. The molecule has 1 N–H and O–H groups in total. The topological polar surface area (TPSA) is 64.6 Å². The van der Waals surface area contributed by atoms with Crippen molar-refractivity contribution in [3.05, 3.63) is 16.5 Å². The molecular weight excluding hydrogens is 218 g/mol. The van der Waals surface area contributed by atoms with Crippen LogP contribution in [0.5, 0.6) is 0 Å². The Bertz CT molecular complexity index is 352. The fourth-order valence-corrected chi connectivity index (χ4v) is 1.94. The average Bonchev–Trinajstić information content (AvgIpc) is 2.70. The van der Waals surface area contributed by atoms with Gasteiger partial charge in [-0.2, -0.15) is 0 Å². The molecule has 0 bridgehead atoms. The summed E-state index contributed by atoms with van der Waals surface area (Å²) in [6, 6.07) is 1.56. The van der Waals surface area contributed by atoms with Gasteiger partial charge in [0.05, 0.1) is 24.8 Å². The number of nitrogens with one attached hydrogen (secondary N) is 1. The van der Waals surface area contributed by atoms with Crippen LogP contribution in [0, 0.1) is 0 Å². The first-order valence-corrected chi connectivity index (χ1v) is 4.94. The predicted molar refractivity (Wildman–Crippen MR) is 56.5 cm³/mol. The molecule has 82 valence electrons. The van der Waals surface area contributed by atoms with Crippen molar-refractivity contribution in [1.29, 1.82) is 0 Å². The summed E-state index contributed by atoms with van der Waals surface area (Å²) in [5.74, 6) is -1.09. The number of anilines is 1. The largest absolute Gasteiger partial charge is 0.465 e. The third-order valence-corrected chi connectivity index (χ3v) is 2.89. The van der Waals surface area contributed by atoms with Crippen molar-refractivity contribution in [3.8, 4) is 0 Å². The van der Waals surface area contributed by atoms with Gasteiger partial charge in [0, 0.05) is 7.05 Å². The lowest BCUT2D eigenvalue weighted by molar-refractivity contribution is 0.0560. The van der Waals surface area contributed by atoms with E-state index >= 15 is 0 Å². The lowest BCUT2D eigenvalue weighted by Crippen LogP contribution is -2.08. The summed E-state index contributed by atoms with van der Waals surface area (Å²) in [5, 5.41) is 3.55. The lowest BCUT2D eigenvalue weighted by Gasteiger charge is -1.98. The maximum atomic E-state index is 11.3. The molecule has 1 aromatic heterocycles. The summed E-state index contributed by atoms with van der Waals surface area (Å²) in [7, 11) is 4.23. The zero-order valence-electron chi connectivity index (χ0n) is 8.62. The summed E-state index contributed by atoms with van der Waals surface area (Å²) in [6.45, 7) is 0. The van der Waals surface area contributed by atoms with Crippen molar-refractivity contribution in [1.82, 2.24) is 0 Å². The molecule has 0 unspecified atom stereocenters. The van der Waals surface area contributed by atoms with E-state index in [2.05, 4.69) is 14.8 Å². The monoisotopic (exact) mass is 229 g/mol. The molecule has 0 radical (unpaired) electrons. The van der Waals surface area contributed by atoms with Crippen LogP contribution in [0.2, 0.25) is 0 Å². The van der Waals surface area contributed by atoms with Crippen LogP contribution in [0.25, 0.3) is 0 Å². The number of esters is 2. The minimum Gasteiger partial charge on any atom is -0.465 e. The molecule has 0 aliphatic rings. The minimum atomic E-state index is -0.548. The number of ether oxygens (including phenoxy) is 2. The Morgan fingerprint density at radius 1 is 1.27 bits per heavy atom. The molecule has 0 fully saturated rings. The van der Waals surface area contributed by atoms with Gasteiger partial charge in [-0.3, -0.25) is 0 Å². The second-order valence-corrected chi connectivity index (χ2v) is 3.64. The van der Waals surface area contributed by atoms with Gasteiger partial charge in [-0.15, -0.1) is 11.3 Å². The van der Waals surface area contributed by atoms with Gasteiger partial charge in [-0.1, -0.05) is 0 Å². The molecule has 5 nitrogen and oxygen atoms in total. The summed E-state index contributed by atoms with van der Waals surface area (Å²) in [5.41, 5.74) is 0.221. The van der Waals surface area contributed by atoms with Gasteiger partial charge in [0.15, 0.2) is 0 Å². The van der Waals surface area contributed by atoms with E-state index in [0.29, 0.717) is 5.00 Å². The lowest BCUT2D eigenvalue weighted by atomic mass is 10.2. The average molecular weight is 229 g/mol. The highest BCUT2D eigenvalue weighted by Crippen LogP contribution is 2.27. The molecule has 0 aliphatic heterocycles. The number of methoxy groups -OCH3 is 2. The van der Waals surface area contributed by atoms with E-state index in [-0.39, 0.29) is 10.4 Å². The Morgan fingerprint density at radius 3 is 2.33 bits per heavy atom. The van der Waals surface area contributed by atoms with Crippen LogP contribution in [0.3, 0.4) is 0 Å². The molecule has 0 saturated heterocycles. The number of carbonyl (C=O) groups is 2. The quantitative estimate of drug-likeness (QED) is 0.793. The van der Waals surface area contributed by atoms with E-state index in [1.165, 1.54) is 14.2 Å². The molecule has 0 aromatic carbocycles. The molecule has 0 aliphatic carbocycles. The van der Waals surface area contributed by atoms with Gasteiger partial charge in [0.25, 0.3) is 0 Å². The Morgan fingerprint density at radius 2 is 1.87 bits per heavy atom. The first kappa shape index (κ1) is 11.5. The van der Waals surface area contributed by atoms with Crippen molar-refractivity contribution >= 4 is 28.3 Å². The Labute approximate surface area is 91.0 Å². The van der Waals surface area contributed by atoms with E-state index in [0.717, 1.165) is 11.3 Å². The van der Waals surface area contributed by atoms with E-state index in [4.69, 9.17) is 0 Å². The molecule has 1 heterocycles. The number of hydrogen-bond acceptors (Lipinski definition) is 6. The van der Waals surface area contributed by atoms with Crippen LogP contribution >= 0.6 is 11.3 Å². The number of rotatable bonds is 3. The normalized spacial score (nSPS) is 9.53. The molecule has 0 atom stereocenters. The van der Waals surface area contributed by atoms with Gasteiger partial charge in [0.1, 0.15) is 4.88 Å². The molecule has 1 rings (SSSR count). The molecule has 0 spiro atoms. The van der Waals surface area contributed by atoms with Gasteiger partial charge in [0.2, 0.25) is 0 Å². The summed E-state index contributed by atoms with van der Waals surface area (Å²) >= 11 is 1.15. The smallest absolute Gasteiger partial charge is 0.349 e. The fourth-order valence-electron chi connectivity index (χ4n) is 1.02. The van der Waals surface area contributed by atoms with Gasteiger partial charge in [-0.05, 0) is 6.07 Å². The fraction of sp³-hybridized carbons (Fsp3) is 0.333. The van der Waals surface area contributed by atoms with Crippen molar-refractivity contribution in [2.45, 2.75) is 0 Å². The zero-order chi connectivity index (χ0) is 11.4. The Balaban J connectivity index is 3.17. The number of hydrogen-bond donors (Lipinski definition) is 1. The Hall–Kier alpha value is -1.56. The van der Waals surface area contributed by atoms with Gasteiger partial charge >= 0.3 is 11.9 Å². The SMILES string of the molecule is CNc1cc(C(=O)OC)c(C(=O)OC)s1. The second-order valence-electron chi connectivity index (χ2n) is 2.59. The number of thiophene rings is 1. The molecule has 6 heteroatoms. The third-order valence-electron chi connectivity index (χ3n) is 1.75. The van der Waals surface area contributed by atoms with E-state index in [9.17, 15) is 9.59 Å². The number of carbonyl (C=O) groups excluding carboxylic acids is 2. The predicted octanol–water partition coefficient (Wildman–Crippen LogP) is 1.36. The highest BCUT2D eigenvalue weighted by molar-refractivity contribution is 7.18. The molecule has 0 amide bonds. The van der Waals surface area contributed by atoms with Crippen LogP contribution in [0.1, 0.15) is 20.0 Å². The molecular formula is C9H11NO4S. The first-order chi connectivity index (χ1) is 7.13. The minimum absolute atomic E-state index is 0.221. The van der Waals surface area contributed by atoms with E-state index in [1.54, 1.807) is 13.1 Å². The molecule has 1 aromatic rings. The zero-order valence-corrected chi connectivity index (χ0v) is 9.44.